The van der Waals surface area contributed by atoms with Crippen molar-refractivity contribution >= 4 is 5.97 Å². The van der Waals surface area contributed by atoms with Gasteiger partial charge in [-0.05, 0) is 6.07 Å². The van der Waals surface area contributed by atoms with Crippen LogP contribution in [-0.4, -0.2) is 24.3 Å². The van der Waals surface area contributed by atoms with Crippen molar-refractivity contribution in [1.29, 1.82) is 0 Å². The molecule has 0 spiro atoms. The molecule has 0 saturated carbocycles. The topological polar surface area (TPSA) is 81.8 Å². The first kappa shape index (κ1) is 11.7. The number of aliphatic carboxylic acids is 1. The van der Waals surface area contributed by atoms with E-state index in [9.17, 15) is 9.18 Å². The summed E-state index contributed by atoms with van der Waals surface area (Å²) in [5, 5.41) is 8.76. The van der Waals surface area contributed by atoms with E-state index in [0.29, 0.717) is 25.4 Å². The van der Waals surface area contributed by atoms with Crippen LogP contribution in [0.25, 0.3) is 0 Å². The second-order valence-electron chi connectivity index (χ2n) is 3.69. The quantitative estimate of drug-likeness (QED) is 0.809. The average Bonchev–Trinajstić information content (AvgIpc) is 2.51. The third kappa shape index (κ3) is 2.31. The lowest BCUT2D eigenvalue weighted by molar-refractivity contribution is -0.138. The summed E-state index contributed by atoms with van der Waals surface area (Å²) in [6, 6.07) is 0.986. The van der Waals surface area contributed by atoms with Gasteiger partial charge in [0.05, 0.1) is 13.2 Å². The largest absolute Gasteiger partial charge is 0.490 e. The molecule has 1 aliphatic rings. The zero-order chi connectivity index (χ0) is 12.4. The van der Waals surface area contributed by atoms with Gasteiger partial charge in [-0.3, -0.25) is 4.79 Å². The molecule has 2 rings (SSSR count). The number of carboxylic acid groups (broad SMARTS) is 1. The normalized spacial score (nSPS) is 16.1. The fourth-order valence-electron chi connectivity index (χ4n) is 1.57. The maximum Gasteiger partial charge on any atom is 0.325 e. The lowest BCUT2D eigenvalue weighted by atomic mass is 10.1. The van der Waals surface area contributed by atoms with Crippen molar-refractivity contribution in [2.24, 2.45) is 5.73 Å². The minimum Gasteiger partial charge on any atom is -0.490 e. The van der Waals surface area contributed by atoms with E-state index < -0.39 is 17.8 Å². The summed E-state index contributed by atoms with van der Waals surface area (Å²) < 4.78 is 24.2. The van der Waals surface area contributed by atoms with Crippen LogP contribution in [0, 0.1) is 5.82 Å². The summed E-state index contributed by atoms with van der Waals surface area (Å²) in [5.41, 5.74) is 5.27. The molecular weight excluding hydrogens is 229 g/mol. The van der Waals surface area contributed by atoms with Crippen molar-refractivity contribution in [3.8, 4) is 11.5 Å². The SMILES string of the molecule is NC(C(=O)O)c1cc2c(cc1F)OCCCO2. The first-order valence-corrected chi connectivity index (χ1v) is 5.17. The Morgan fingerprint density at radius 2 is 1.94 bits per heavy atom. The minimum absolute atomic E-state index is 0.109. The van der Waals surface area contributed by atoms with E-state index in [2.05, 4.69) is 0 Å². The van der Waals surface area contributed by atoms with Gasteiger partial charge in [0.25, 0.3) is 0 Å². The molecular formula is C11H12FNO4. The molecule has 0 fully saturated rings. The van der Waals surface area contributed by atoms with Crippen LogP contribution in [0.2, 0.25) is 0 Å². The predicted octanol–water partition coefficient (Wildman–Crippen LogP) is 1.07. The average molecular weight is 241 g/mol. The summed E-state index contributed by atoms with van der Waals surface area (Å²) in [4.78, 5) is 10.7. The van der Waals surface area contributed by atoms with Gasteiger partial charge in [-0.25, -0.2) is 4.39 Å². The van der Waals surface area contributed by atoms with Crippen molar-refractivity contribution < 1.29 is 23.8 Å². The number of halogens is 1. The Labute approximate surface area is 96.9 Å². The van der Waals surface area contributed by atoms with E-state index in [4.69, 9.17) is 20.3 Å². The Bertz CT molecular complexity index is 449. The molecule has 1 aliphatic heterocycles. The summed E-state index contributed by atoms with van der Waals surface area (Å²) in [5.74, 6) is -1.39. The predicted molar refractivity (Wildman–Crippen MR) is 56.6 cm³/mol. The van der Waals surface area contributed by atoms with E-state index >= 15 is 0 Å². The van der Waals surface area contributed by atoms with Gasteiger partial charge >= 0.3 is 5.97 Å². The third-order valence-electron chi connectivity index (χ3n) is 2.47. The number of rotatable bonds is 2. The number of carboxylic acids is 1. The lowest BCUT2D eigenvalue weighted by Crippen LogP contribution is -2.22. The Hall–Kier alpha value is -1.82. The molecule has 1 unspecified atom stereocenters. The molecule has 1 aromatic rings. The number of carbonyl (C=O) groups is 1. The number of nitrogens with two attached hydrogens (primary N) is 1. The highest BCUT2D eigenvalue weighted by Gasteiger charge is 2.22. The summed E-state index contributed by atoms with van der Waals surface area (Å²) >= 11 is 0. The van der Waals surface area contributed by atoms with Crippen molar-refractivity contribution in [2.75, 3.05) is 13.2 Å². The van der Waals surface area contributed by atoms with Gasteiger partial charge in [-0.1, -0.05) is 0 Å². The Balaban J connectivity index is 2.42. The molecule has 0 amide bonds. The fourth-order valence-corrected chi connectivity index (χ4v) is 1.57. The van der Waals surface area contributed by atoms with Crippen LogP contribution in [0.15, 0.2) is 12.1 Å². The summed E-state index contributed by atoms with van der Waals surface area (Å²) in [6.45, 7) is 0.886. The van der Waals surface area contributed by atoms with Crippen LogP contribution in [-0.2, 0) is 4.79 Å². The zero-order valence-electron chi connectivity index (χ0n) is 8.98. The maximum atomic E-state index is 13.6. The lowest BCUT2D eigenvalue weighted by Gasteiger charge is -2.12. The van der Waals surface area contributed by atoms with E-state index in [-0.39, 0.29) is 11.3 Å². The first-order valence-electron chi connectivity index (χ1n) is 5.17. The molecule has 0 aromatic heterocycles. The molecule has 5 nitrogen and oxygen atoms in total. The van der Waals surface area contributed by atoms with Gasteiger partial charge in [0.1, 0.15) is 11.9 Å². The van der Waals surface area contributed by atoms with E-state index in [0.717, 1.165) is 6.07 Å². The zero-order valence-corrected chi connectivity index (χ0v) is 8.98. The molecule has 0 aliphatic carbocycles. The Morgan fingerprint density at radius 1 is 1.35 bits per heavy atom. The van der Waals surface area contributed by atoms with Gasteiger partial charge in [0.15, 0.2) is 11.5 Å². The van der Waals surface area contributed by atoms with Crippen LogP contribution in [0.1, 0.15) is 18.0 Å². The molecule has 0 bridgehead atoms. The van der Waals surface area contributed by atoms with Gasteiger partial charge < -0.3 is 20.3 Å². The van der Waals surface area contributed by atoms with Crippen LogP contribution in [0.4, 0.5) is 4.39 Å². The van der Waals surface area contributed by atoms with Crippen LogP contribution < -0.4 is 15.2 Å². The molecule has 17 heavy (non-hydrogen) atoms. The summed E-state index contributed by atoms with van der Waals surface area (Å²) in [7, 11) is 0. The molecule has 1 atom stereocenters. The highest BCUT2D eigenvalue weighted by atomic mass is 19.1. The number of hydrogen-bond acceptors (Lipinski definition) is 4. The Morgan fingerprint density at radius 3 is 2.53 bits per heavy atom. The molecule has 1 heterocycles. The van der Waals surface area contributed by atoms with E-state index in [1.807, 2.05) is 0 Å². The molecule has 0 saturated heterocycles. The monoisotopic (exact) mass is 241 g/mol. The highest BCUT2D eigenvalue weighted by Crippen LogP contribution is 2.33. The number of fused-ring (bicyclic) bond motifs is 1. The molecule has 1 aromatic carbocycles. The van der Waals surface area contributed by atoms with Crippen molar-refractivity contribution in [3.63, 3.8) is 0 Å². The fraction of sp³-hybridized carbons (Fsp3) is 0.364. The van der Waals surface area contributed by atoms with Gasteiger partial charge in [0.2, 0.25) is 0 Å². The smallest absolute Gasteiger partial charge is 0.325 e. The number of hydrogen-bond donors (Lipinski definition) is 2. The van der Waals surface area contributed by atoms with E-state index in [1.54, 1.807) is 0 Å². The van der Waals surface area contributed by atoms with Gasteiger partial charge in [-0.2, -0.15) is 0 Å². The number of ether oxygens (including phenoxy) is 2. The highest BCUT2D eigenvalue weighted by molar-refractivity contribution is 5.75. The maximum absolute atomic E-state index is 13.6. The molecule has 6 heteroatoms. The van der Waals surface area contributed by atoms with Crippen LogP contribution in [0.5, 0.6) is 11.5 Å². The number of benzene rings is 1. The second kappa shape index (κ2) is 4.58. The van der Waals surface area contributed by atoms with E-state index in [1.165, 1.54) is 6.07 Å². The second-order valence-corrected chi connectivity index (χ2v) is 3.69. The van der Waals surface area contributed by atoms with Crippen LogP contribution in [0.3, 0.4) is 0 Å². The summed E-state index contributed by atoms with van der Waals surface area (Å²) in [6.07, 6.45) is 0.691. The standard InChI is InChI=1S/C11H12FNO4/c12-7-5-9-8(16-2-1-3-17-9)4-6(7)10(13)11(14)15/h4-5,10H,1-3,13H2,(H,14,15). The third-order valence-corrected chi connectivity index (χ3v) is 2.47. The van der Waals surface area contributed by atoms with Gasteiger partial charge in [-0.15, -0.1) is 0 Å². The molecule has 3 N–H and O–H groups in total. The Kier molecular flexibility index (Phi) is 3.14. The van der Waals surface area contributed by atoms with Crippen molar-refractivity contribution in [3.05, 3.63) is 23.5 Å². The van der Waals surface area contributed by atoms with Crippen LogP contribution >= 0.6 is 0 Å². The molecule has 92 valence electrons. The van der Waals surface area contributed by atoms with Crippen molar-refractivity contribution in [2.45, 2.75) is 12.5 Å². The molecule has 0 radical (unpaired) electrons. The van der Waals surface area contributed by atoms with Gasteiger partial charge in [0, 0.05) is 18.1 Å². The van der Waals surface area contributed by atoms with Crippen molar-refractivity contribution in [1.82, 2.24) is 0 Å². The first-order chi connectivity index (χ1) is 8.09. The minimum atomic E-state index is -1.41.